The quantitative estimate of drug-likeness (QED) is 0.301. The van der Waals surface area contributed by atoms with E-state index >= 15 is 0 Å². The number of halogens is 2. The maximum atomic E-state index is 12.9. The SMILES string of the molecule is CN=C(NCCc1c[nH]c2cccc(C)c12)NCc1ccc(F)cc1.I. The van der Waals surface area contributed by atoms with Crippen LogP contribution in [0.1, 0.15) is 16.7 Å². The normalized spacial score (nSPS) is 11.3. The van der Waals surface area contributed by atoms with Crippen LogP contribution in [0.5, 0.6) is 0 Å². The fourth-order valence-corrected chi connectivity index (χ4v) is 2.97. The molecule has 26 heavy (non-hydrogen) atoms. The van der Waals surface area contributed by atoms with Crippen molar-refractivity contribution in [3.8, 4) is 0 Å². The van der Waals surface area contributed by atoms with Crippen LogP contribution in [0.15, 0.2) is 53.7 Å². The molecule has 2 aromatic carbocycles. The number of aliphatic imine (C=N–C) groups is 1. The van der Waals surface area contributed by atoms with Crippen molar-refractivity contribution < 1.29 is 4.39 Å². The molecule has 6 heteroatoms. The van der Waals surface area contributed by atoms with Gasteiger partial charge in [-0.25, -0.2) is 4.39 Å². The van der Waals surface area contributed by atoms with Gasteiger partial charge in [0.05, 0.1) is 0 Å². The lowest BCUT2D eigenvalue weighted by Gasteiger charge is -2.12. The molecule has 3 rings (SSSR count). The van der Waals surface area contributed by atoms with Crippen molar-refractivity contribution in [2.45, 2.75) is 19.9 Å². The van der Waals surface area contributed by atoms with E-state index in [2.05, 4.69) is 51.9 Å². The van der Waals surface area contributed by atoms with Crippen LogP contribution in [0, 0.1) is 12.7 Å². The summed E-state index contributed by atoms with van der Waals surface area (Å²) in [6.07, 6.45) is 2.98. The number of benzene rings is 2. The third-order valence-electron chi connectivity index (χ3n) is 4.28. The van der Waals surface area contributed by atoms with E-state index in [1.54, 1.807) is 19.2 Å². The second-order valence-electron chi connectivity index (χ2n) is 6.04. The van der Waals surface area contributed by atoms with Crippen LogP contribution in [-0.2, 0) is 13.0 Å². The van der Waals surface area contributed by atoms with Gasteiger partial charge in [-0.05, 0) is 48.2 Å². The van der Waals surface area contributed by atoms with Gasteiger partial charge in [-0.1, -0.05) is 24.3 Å². The van der Waals surface area contributed by atoms with Gasteiger partial charge in [0.25, 0.3) is 0 Å². The molecule has 0 saturated heterocycles. The monoisotopic (exact) mass is 466 g/mol. The smallest absolute Gasteiger partial charge is 0.191 e. The van der Waals surface area contributed by atoms with Gasteiger partial charge in [0.15, 0.2) is 5.96 Å². The third-order valence-corrected chi connectivity index (χ3v) is 4.28. The molecular formula is C20H24FIN4. The molecule has 0 spiro atoms. The summed E-state index contributed by atoms with van der Waals surface area (Å²) >= 11 is 0. The second-order valence-corrected chi connectivity index (χ2v) is 6.04. The zero-order valence-corrected chi connectivity index (χ0v) is 17.3. The zero-order chi connectivity index (χ0) is 17.6. The molecule has 0 bridgehead atoms. The lowest BCUT2D eigenvalue weighted by molar-refractivity contribution is 0.626. The summed E-state index contributed by atoms with van der Waals surface area (Å²) in [5.41, 5.74) is 4.77. The molecular weight excluding hydrogens is 442 g/mol. The highest BCUT2D eigenvalue weighted by molar-refractivity contribution is 14.0. The van der Waals surface area contributed by atoms with Gasteiger partial charge in [0, 0.05) is 37.2 Å². The molecule has 0 atom stereocenters. The average Bonchev–Trinajstić information content (AvgIpc) is 3.04. The molecule has 138 valence electrons. The Bertz CT molecular complexity index is 871. The molecule has 0 aliphatic carbocycles. The summed E-state index contributed by atoms with van der Waals surface area (Å²) in [5.74, 6) is 0.515. The fraction of sp³-hybridized carbons (Fsp3) is 0.250. The van der Waals surface area contributed by atoms with Crippen LogP contribution < -0.4 is 10.6 Å². The number of rotatable bonds is 5. The number of aryl methyl sites for hydroxylation is 1. The number of hydrogen-bond acceptors (Lipinski definition) is 1. The lowest BCUT2D eigenvalue weighted by Crippen LogP contribution is -2.37. The number of aromatic amines is 1. The predicted octanol–water partition coefficient (Wildman–Crippen LogP) is 4.14. The summed E-state index contributed by atoms with van der Waals surface area (Å²) in [7, 11) is 1.75. The Balaban J connectivity index is 0.00000243. The minimum atomic E-state index is -0.222. The topological polar surface area (TPSA) is 52.2 Å². The van der Waals surface area contributed by atoms with Gasteiger partial charge >= 0.3 is 0 Å². The van der Waals surface area contributed by atoms with Gasteiger partial charge in [0.1, 0.15) is 5.82 Å². The van der Waals surface area contributed by atoms with Crippen molar-refractivity contribution in [3.63, 3.8) is 0 Å². The van der Waals surface area contributed by atoms with Crippen LogP contribution in [0.25, 0.3) is 10.9 Å². The van der Waals surface area contributed by atoms with E-state index in [9.17, 15) is 4.39 Å². The van der Waals surface area contributed by atoms with E-state index in [0.29, 0.717) is 6.54 Å². The summed E-state index contributed by atoms with van der Waals surface area (Å²) in [4.78, 5) is 7.56. The van der Waals surface area contributed by atoms with Crippen molar-refractivity contribution in [1.82, 2.24) is 15.6 Å². The van der Waals surface area contributed by atoms with Gasteiger partial charge in [-0.2, -0.15) is 0 Å². The highest BCUT2D eigenvalue weighted by Crippen LogP contribution is 2.22. The van der Waals surface area contributed by atoms with Gasteiger partial charge in [0.2, 0.25) is 0 Å². The van der Waals surface area contributed by atoms with Crippen LogP contribution in [0.3, 0.4) is 0 Å². The van der Waals surface area contributed by atoms with Gasteiger partial charge in [-0.3, -0.25) is 4.99 Å². The van der Waals surface area contributed by atoms with Crippen molar-refractivity contribution in [3.05, 3.63) is 71.2 Å². The number of H-pyrrole nitrogens is 1. The Morgan fingerprint density at radius 1 is 1.12 bits per heavy atom. The van der Waals surface area contributed by atoms with Gasteiger partial charge in [-0.15, -0.1) is 24.0 Å². The molecule has 0 radical (unpaired) electrons. The molecule has 4 nitrogen and oxygen atoms in total. The second kappa shape index (κ2) is 9.56. The number of guanidine groups is 1. The highest BCUT2D eigenvalue weighted by atomic mass is 127. The van der Waals surface area contributed by atoms with Crippen LogP contribution in [0.2, 0.25) is 0 Å². The summed E-state index contributed by atoms with van der Waals surface area (Å²) < 4.78 is 12.9. The van der Waals surface area contributed by atoms with Crippen LogP contribution in [-0.4, -0.2) is 24.5 Å². The molecule has 1 aromatic heterocycles. The van der Waals surface area contributed by atoms with E-state index in [1.165, 1.54) is 34.2 Å². The Kier molecular flexibility index (Phi) is 7.44. The number of aromatic nitrogens is 1. The Labute approximate surface area is 170 Å². The lowest BCUT2D eigenvalue weighted by atomic mass is 10.1. The molecule has 0 amide bonds. The van der Waals surface area contributed by atoms with Crippen molar-refractivity contribution in [2.24, 2.45) is 4.99 Å². The third kappa shape index (κ3) is 4.97. The molecule has 3 aromatic rings. The number of fused-ring (bicyclic) bond motifs is 1. The number of nitrogens with zero attached hydrogens (tertiary/aromatic N) is 1. The Hall–Kier alpha value is -2.09. The van der Waals surface area contributed by atoms with E-state index < -0.39 is 0 Å². The molecule has 0 fully saturated rings. The number of hydrogen-bond donors (Lipinski definition) is 3. The predicted molar refractivity (Wildman–Crippen MR) is 117 cm³/mol. The molecule has 1 heterocycles. The minimum absolute atomic E-state index is 0. The first-order valence-corrected chi connectivity index (χ1v) is 8.42. The average molecular weight is 466 g/mol. The van der Waals surface area contributed by atoms with Crippen LogP contribution >= 0.6 is 24.0 Å². The molecule has 3 N–H and O–H groups in total. The zero-order valence-electron chi connectivity index (χ0n) is 15.0. The van der Waals surface area contributed by atoms with E-state index in [4.69, 9.17) is 0 Å². The largest absolute Gasteiger partial charge is 0.361 e. The fourth-order valence-electron chi connectivity index (χ4n) is 2.97. The van der Waals surface area contributed by atoms with Crippen molar-refractivity contribution >= 4 is 40.8 Å². The Morgan fingerprint density at radius 2 is 1.88 bits per heavy atom. The first-order valence-electron chi connectivity index (χ1n) is 8.42. The molecule has 0 unspecified atom stereocenters. The maximum absolute atomic E-state index is 12.9. The molecule has 0 aliphatic rings. The summed E-state index contributed by atoms with van der Waals surface area (Å²) in [6.45, 7) is 3.52. The summed E-state index contributed by atoms with van der Waals surface area (Å²) in [6, 6.07) is 12.8. The first kappa shape index (κ1) is 20.2. The number of nitrogens with one attached hydrogen (secondary N) is 3. The minimum Gasteiger partial charge on any atom is -0.361 e. The highest BCUT2D eigenvalue weighted by Gasteiger charge is 2.06. The van der Waals surface area contributed by atoms with Crippen molar-refractivity contribution in [1.29, 1.82) is 0 Å². The Morgan fingerprint density at radius 3 is 2.62 bits per heavy atom. The molecule has 0 aliphatic heterocycles. The molecule has 0 saturated carbocycles. The first-order chi connectivity index (χ1) is 12.2. The van der Waals surface area contributed by atoms with Gasteiger partial charge < -0.3 is 15.6 Å². The van der Waals surface area contributed by atoms with Crippen LogP contribution in [0.4, 0.5) is 4.39 Å². The van der Waals surface area contributed by atoms with E-state index in [0.717, 1.165) is 24.5 Å². The van der Waals surface area contributed by atoms with E-state index in [-0.39, 0.29) is 29.8 Å². The standard InChI is InChI=1S/C20H23FN4.HI/c1-14-4-3-5-18-19(14)16(13-24-18)10-11-23-20(22-2)25-12-15-6-8-17(21)9-7-15;/h3-9,13,24H,10-12H2,1-2H3,(H2,22,23,25);1H. The summed E-state index contributed by atoms with van der Waals surface area (Å²) in [5, 5.41) is 7.87. The van der Waals surface area contributed by atoms with E-state index in [1.807, 2.05) is 0 Å². The maximum Gasteiger partial charge on any atom is 0.191 e. The van der Waals surface area contributed by atoms with Crippen molar-refractivity contribution in [2.75, 3.05) is 13.6 Å².